The molecule has 2 aromatic rings. The molecule has 10 heteroatoms. The summed E-state index contributed by atoms with van der Waals surface area (Å²) in [4.78, 5) is 31.7. The lowest BCUT2D eigenvalue weighted by molar-refractivity contribution is -0.127. The third kappa shape index (κ3) is 5.42. The van der Waals surface area contributed by atoms with Crippen LogP contribution in [0.3, 0.4) is 0 Å². The fourth-order valence-corrected chi connectivity index (χ4v) is 5.51. The molecule has 2 amide bonds. The minimum absolute atomic E-state index is 0.0732. The maximum Gasteiger partial charge on any atom is 0.276 e. The van der Waals surface area contributed by atoms with Crippen molar-refractivity contribution in [1.82, 2.24) is 15.2 Å². The number of hydrogen-bond acceptors (Lipinski definition) is 5. The molecule has 0 aliphatic heterocycles. The van der Waals surface area contributed by atoms with Crippen molar-refractivity contribution in [3.8, 4) is 5.75 Å². The van der Waals surface area contributed by atoms with Gasteiger partial charge in [-0.1, -0.05) is 24.9 Å². The fraction of sp³-hybridized carbons (Fsp3) is 0.400. The summed E-state index contributed by atoms with van der Waals surface area (Å²) in [5, 5.41) is 4.17. The Kier molecular flexibility index (Phi) is 7.88. The molecule has 3 atom stereocenters. The Balaban J connectivity index is 1.40. The third-order valence-corrected chi connectivity index (χ3v) is 8.05. The van der Waals surface area contributed by atoms with Gasteiger partial charge in [0.2, 0.25) is 0 Å². The maximum atomic E-state index is 13.1. The second-order valence-corrected chi connectivity index (χ2v) is 10.5. The number of rotatable bonds is 8. The van der Waals surface area contributed by atoms with Gasteiger partial charge in [-0.05, 0) is 60.0 Å². The molecule has 182 valence electrons. The Morgan fingerprint density at radius 2 is 2.09 bits per heavy atom. The van der Waals surface area contributed by atoms with Gasteiger partial charge < -0.3 is 18.0 Å². The summed E-state index contributed by atoms with van der Waals surface area (Å²) in [6, 6.07) is 9.24. The number of carbonyl (C=O) groups excluding carboxylic acids is 2. The summed E-state index contributed by atoms with van der Waals surface area (Å²) < 4.78 is 11.4. The van der Waals surface area contributed by atoms with Crippen LogP contribution in [0, 0.1) is 6.92 Å². The number of hydrogen-bond donors (Lipinski definition) is 1. The number of fused-ring (bicyclic) bond motifs is 2. The van der Waals surface area contributed by atoms with E-state index in [1.807, 2.05) is 61.1 Å². The van der Waals surface area contributed by atoms with E-state index in [1.165, 1.54) is 0 Å². The Morgan fingerprint density at radius 3 is 2.69 bits per heavy atom. The second-order valence-electron chi connectivity index (χ2n) is 9.33. The highest BCUT2D eigenvalue weighted by molar-refractivity contribution is 14.1. The summed E-state index contributed by atoms with van der Waals surface area (Å²) in [5.74, 6) is 0.134. The number of halogens is 1. The zero-order valence-corrected chi connectivity index (χ0v) is 23.3. The number of aromatic nitrogens is 1. The first kappa shape index (κ1) is 26.1. The van der Waals surface area contributed by atoms with Gasteiger partial charge in [-0.2, -0.15) is 0 Å². The van der Waals surface area contributed by atoms with Gasteiger partial charge in [-0.15, -0.1) is 9.24 Å². The van der Waals surface area contributed by atoms with Crippen molar-refractivity contribution in [2.75, 3.05) is 13.7 Å². The number of aryl methyl sites for hydroxylation is 1. The molecule has 3 aliphatic rings. The minimum Gasteiger partial charge on any atom is -0.484 e. The van der Waals surface area contributed by atoms with E-state index in [2.05, 4.69) is 19.5 Å². The number of amides is 2. The Morgan fingerprint density at radius 1 is 1.34 bits per heavy atom. The molecule has 7 nitrogen and oxygen atoms in total. The van der Waals surface area contributed by atoms with E-state index >= 15 is 0 Å². The van der Waals surface area contributed by atoms with E-state index < -0.39 is 5.54 Å². The lowest BCUT2D eigenvalue weighted by atomic mass is 9.62. The smallest absolute Gasteiger partial charge is 0.276 e. The number of pyridine rings is 1. The summed E-state index contributed by atoms with van der Waals surface area (Å²) >= 11 is 1.88. The van der Waals surface area contributed by atoms with E-state index in [4.69, 9.17) is 15.6 Å². The quantitative estimate of drug-likeness (QED) is 0.285. The van der Waals surface area contributed by atoms with Crippen LogP contribution in [0.4, 0.5) is 0 Å². The fourth-order valence-electron chi connectivity index (χ4n) is 4.58. The Bertz CT molecular complexity index is 1160. The number of nitrogens with zero attached hydrogens (tertiary/aromatic N) is 2. The molecule has 3 unspecified atom stereocenters. The molecule has 1 saturated carbocycles. The highest BCUT2D eigenvalue weighted by Gasteiger charge is 2.54. The van der Waals surface area contributed by atoms with Crippen molar-refractivity contribution in [3.63, 3.8) is 0 Å². The molecule has 1 aromatic heterocycles. The van der Waals surface area contributed by atoms with Gasteiger partial charge in [0.25, 0.3) is 11.8 Å². The topological polar surface area (TPSA) is 80.8 Å². The molecule has 5 rings (SSSR count). The first-order valence-corrected chi connectivity index (χ1v) is 12.9. The molecule has 1 N–H and O–H groups in total. The minimum atomic E-state index is -0.486. The van der Waals surface area contributed by atoms with Crippen LogP contribution in [-0.4, -0.2) is 54.8 Å². The van der Waals surface area contributed by atoms with Crippen molar-refractivity contribution in [3.05, 3.63) is 64.6 Å². The molecule has 2 bridgehead atoms. The van der Waals surface area contributed by atoms with E-state index in [1.54, 1.807) is 24.2 Å². The molecule has 2 radical (unpaired) electrons. The SMILES string of the molecule is [B]C(C)c1ccc(C(=O)N(C)C2=C3CC(NC(=O)COc4ccc(C)c(P)c4)(C3)C(OI)C2)nc1. The van der Waals surface area contributed by atoms with Crippen LogP contribution in [-0.2, 0) is 7.86 Å². The number of ether oxygens (including phenoxy) is 1. The van der Waals surface area contributed by atoms with Crippen molar-refractivity contribution >= 4 is 57.2 Å². The molecule has 35 heavy (non-hydrogen) atoms. The number of nitrogens with one attached hydrogen (secondary N) is 1. The van der Waals surface area contributed by atoms with Crippen molar-refractivity contribution in [2.24, 2.45) is 0 Å². The van der Waals surface area contributed by atoms with Gasteiger partial charge in [-0.25, -0.2) is 0 Å². The van der Waals surface area contributed by atoms with Crippen LogP contribution in [0.25, 0.3) is 0 Å². The molecular formula is C25H28BIN3O4P. The van der Waals surface area contributed by atoms with E-state index in [9.17, 15) is 9.59 Å². The maximum absolute atomic E-state index is 13.1. The van der Waals surface area contributed by atoms with E-state index in [0.717, 1.165) is 27.7 Å². The summed E-state index contributed by atoms with van der Waals surface area (Å²) in [5.41, 5.74) is 3.96. The van der Waals surface area contributed by atoms with Crippen LogP contribution in [0.1, 0.15) is 53.6 Å². The van der Waals surface area contributed by atoms with Crippen molar-refractivity contribution in [2.45, 2.75) is 50.6 Å². The Labute approximate surface area is 223 Å². The van der Waals surface area contributed by atoms with Gasteiger partial charge >= 0.3 is 0 Å². The predicted octanol–water partition coefficient (Wildman–Crippen LogP) is 3.31. The molecule has 1 fully saturated rings. The highest BCUT2D eigenvalue weighted by Crippen LogP contribution is 2.51. The van der Waals surface area contributed by atoms with Gasteiger partial charge in [0.15, 0.2) is 6.61 Å². The second kappa shape index (κ2) is 10.6. The molecular weight excluding hydrogens is 575 g/mol. The summed E-state index contributed by atoms with van der Waals surface area (Å²) in [6.07, 6.45) is 3.17. The van der Waals surface area contributed by atoms with Crippen LogP contribution >= 0.6 is 32.2 Å². The Hall–Kier alpha value is -1.97. The molecule has 0 saturated heterocycles. The first-order valence-electron chi connectivity index (χ1n) is 11.4. The van der Waals surface area contributed by atoms with E-state index in [-0.39, 0.29) is 30.3 Å². The lowest BCUT2D eigenvalue weighted by Gasteiger charge is -2.54. The molecule has 1 aromatic carbocycles. The lowest BCUT2D eigenvalue weighted by Crippen LogP contribution is -2.66. The van der Waals surface area contributed by atoms with Crippen LogP contribution < -0.4 is 15.4 Å². The van der Waals surface area contributed by atoms with Crippen molar-refractivity contribution < 1.29 is 17.4 Å². The van der Waals surface area contributed by atoms with Gasteiger partial charge in [0, 0.05) is 25.4 Å². The van der Waals surface area contributed by atoms with Gasteiger partial charge in [-0.3, -0.25) is 14.6 Å². The summed E-state index contributed by atoms with van der Waals surface area (Å²) in [6.45, 7) is 3.82. The number of benzene rings is 1. The largest absolute Gasteiger partial charge is 0.484 e. The first-order chi connectivity index (χ1) is 16.6. The standard InChI is InChI=1S/C25H28BIN3O4P/c1-14-4-6-18(8-21(14)35)33-13-23(31)29-25-10-17(11-25)20(9-22(25)34-27)30(3)24(32)19-7-5-16(12-28-19)15(2)26/h4-8,12,15,22H,9-11,13,35H2,1-3H3,(H,29,31). The average molecular weight is 603 g/mol. The zero-order chi connectivity index (χ0) is 25.3. The van der Waals surface area contributed by atoms with Crippen LogP contribution in [0.5, 0.6) is 5.75 Å². The van der Waals surface area contributed by atoms with Crippen LogP contribution in [0.15, 0.2) is 47.8 Å². The molecule has 3 aliphatic carbocycles. The molecule has 0 spiro atoms. The highest BCUT2D eigenvalue weighted by atomic mass is 127. The normalized spacial score (nSPS) is 21.7. The average Bonchev–Trinajstić information content (AvgIpc) is 2.83. The molecule has 1 heterocycles. The monoisotopic (exact) mass is 603 g/mol. The predicted molar refractivity (Wildman–Crippen MR) is 147 cm³/mol. The summed E-state index contributed by atoms with van der Waals surface area (Å²) in [7, 11) is 10.3. The van der Waals surface area contributed by atoms with Crippen molar-refractivity contribution in [1.29, 1.82) is 0 Å². The van der Waals surface area contributed by atoms with Gasteiger partial charge in [0.1, 0.15) is 34.4 Å². The third-order valence-electron chi connectivity index (χ3n) is 6.82. The van der Waals surface area contributed by atoms with Gasteiger partial charge in [0.05, 0.1) is 19.5 Å². The zero-order valence-electron chi connectivity index (χ0n) is 20.0. The van der Waals surface area contributed by atoms with E-state index in [0.29, 0.717) is 30.7 Å². The number of carbonyl (C=O) groups is 2. The van der Waals surface area contributed by atoms with Crippen LogP contribution in [0.2, 0.25) is 0 Å².